The lowest BCUT2D eigenvalue weighted by atomic mass is 10.1. The lowest BCUT2D eigenvalue weighted by Crippen LogP contribution is -2.34. The van der Waals surface area contributed by atoms with Gasteiger partial charge in [-0.1, -0.05) is 30.3 Å². The molecule has 1 N–H and O–H groups in total. The molecule has 3 aromatic carbocycles. The number of rotatable bonds is 10. The van der Waals surface area contributed by atoms with E-state index in [-0.39, 0.29) is 0 Å². The Balaban J connectivity index is 1.86. The molecule has 0 saturated carbocycles. The lowest BCUT2D eigenvalue weighted by molar-refractivity contribution is 0.341. The fourth-order valence-electron chi connectivity index (χ4n) is 3.40. The maximum absolute atomic E-state index is 5.84. The largest absolute Gasteiger partial charge is 0.497 e. The fraction of sp³-hybridized carbons (Fsp3) is 0.269. The maximum atomic E-state index is 5.84. The summed E-state index contributed by atoms with van der Waals surface area (Å²) in [5, 5.41) is 3.95. The van der Waals surface area contributed by atoms with Crippen molar-refractivity contribution in [1.82, 2.24) is 4.90 Å². The molecule has 0 saturated heterocycles. The van der Waals surface area contributed by atoms with Crippen LogP contribution in [0.5, 0.6) is 23.0 Å². The molecule has 0 amide bonds. The first kappa shape index (κ1) is 24.2. The Labute approximate surface area is 201 Å². The van der Waals surface area contributed by atoms with E-state index in [0.717, 1.165) is 28.3 Å². The molecule has 0 aliphatic carbocycles. The Kier molecular flexibility index (Phi) is 8.78. The molecule has 0 fully saturated rings. The van der Waals surface area contributed by atoms with Crippen molar-refractivity contribution in [3.05, 3.63) is 77.9 Å². The van der Waals surface area contributed by atoms with E-state index in [1.54, 1.807) is 21.3 Å². The third kappa shape index (κ3) is 6.52. The van der Waals surface area contributed by atoms with Crippen molar-refractivity contribution in [2.75, 3.05) is 33.3 Å². The topological polar surface area (TPSA) is 52.2 Å². The molecule has 0 atom stereocenters. The number of methoxy groups -OCH3 is 3. The summed E-state index contributed by atoms with van der Waals surface area (Å²) in [5.74, 6) is 2.95. The Morgan fingerprint density at radius 1 is 0.788 bits per heavy atom. The summed E-state index contributed by atoms with van der Waals surface area (Å²) in [5.41, 5.74) is 2.98. The first-order chi connectivity index (χ1) is 16.1. The molecule has 6 nitrogen and oxygen atoms in total. The number of para-hydroxylation sites is 2. The monoisotopic (exact) mass is 466 g/mol. The summed E-state index contributed by atoms with van der Waals surface area (Å²) in [7, 11) is 4.92. The van der Waals surface area contributed by atoms with Gasteiger partial charge in [0.2, 0.25) is 0 Å². The molecule has 0 aliphatic heterocycles. The molecular weight excluding hydrogens is 436 g/mol. The van der Waals surface area contributed by atoms with Crippen molar-refractivity contribution in [2.45, 2.75) is 20.0 Å². The average Bonchev–Trinajstić information content (AvgIpc) is 2.85. The van der Waals surface area contributed by atoms with Gasteiger partial charge in [-0.15, -0.1) is 0 Å². The molecule has 174 valence electrons. The van der Waals surface area contributed by atoms with E-state index in [4.69, 9.17) is 31.2 Å². The Morgan fingerprint density at radius 2 is 1.45 bits per heavy atom. The van der Waals surface area contributed by atoms with Gasteiger partial charge in [0.1, 0.15) is 11.5 Å². The molecule has 0 unspecified atom stereocenters. The summed E-state index contributed by atoms with van der Waals surface area (Å²) >= 11 is 5.84. The van der Waals surface area contributed by atoms with Gasteiger partial charge in [-0.05, 0) is 66.7 Å². The average molecular weight is 467 g/mol. The molecule has 0 spiro atoms. The zero-order valence-corrected chi connectivity index (χ0v) is 20.3. The number of ether oxygens (including phenoxy) is 4. The third-order valence-corrected chi connectivity index (χ3v) is 5.43. The quantitative estimate of drug-likeness (QED) is 0.395. The Morgan fingerprint density at radius 3 is 2.12 bits per heavy atom. The molecule has 0 aliphatic rings. The van der Waals surface area contributed by atoms with Crippen LogP contribution in [0.15, 0.2) is 66.7 Å². The summed E-state index contributed by atoms with van der Waals surface area (Å²) in [6.45, 7) is 3.73. The molecule has 0 bridgehead atoms. The van der Waals surface area contributed by atoms with Gasteiger partial charge in [-0.3, -0.25) is 0 Å². The van der Waals surface area contributed by atoms with E-state index in [9.17, 15) is 0 Å². The lowest BCUT2D eigenvalue weighted by Gasteiger charge is -2.27. The van der Waals surface area contributed by atoms with E-state index in [2.05, 4.69) is 10.2 Å². The highest BCUT2D eigenvalue weighted by Gasteiger charge is 2.15. The number of benzene rings is 3. The first-order valence-corrected chi connectivity index (χ1v) is 11.1. The van der Waals surface area contributed by atoms with Crippen molar-refractivity contribution in [3.63, 3.8) is 0 Å². The SMILES string of the molecule is CCOc1ccccc1NC(=S)N(Cc1ccc(OC)cc1)Cc1ccc(OC)c(OC)c1. The van der Waals surface area contributed by atoms with Crippen molar-refractivity contribution in [3.8, 4) is 23.0 Å². The maximum Gasteiger partial charge on any atom is 0.174 e. The summed E-state index contributed by atoms with van der Waals surface area (Å²) in [6, 6.07) is 21.6. The number of thiocarbonyl (C=S) groups is 1. The molecule has 0 aromatic heterocycles. The fourth-order valence-corrected chi connectivity index (χ4v) is 3.63. The van der Waals surface area contributed by atoms with Crippen LogP contribution in [0.4, 0.5) is 5.69 Å². The van der Waals surface area contributed by atoms with Crippen LogP contribution in [-0.2, 0) is 13.1 Å². The van der Waals surface area contributed by atoms with Gasteiger partial charge in [0.25, 0.3) is 0 Å². The van der Waals surface area contributed by atoms with E-state index in [1.807, 2.05) is 73.7 Å². The number of hydrogen-bond donors (Lipinski definition) is 1. The van der Waals surface area contributed by atoms with Gasteiger partial charge in [-0.2, -0.15) is 0 Å². The van der Waals surface area contributed by atoms with E-state index in [0.29, 0.717) is 36.3 Å². The second-order valence-electron chi connectivity index (χ2n) is 7.25. The highest BCUT2D eigenvalue weighted by atomic mass is 32.1. The highest BCUT2D eigenvalue weighted by Crippen LogP contribution is 2.29. The van der Waals surface area contributed by atoms with Gasteiger partial charge < -0.3 is 29.2 Å². The van der Waals surface area contributed by atoms with Crippen molar-refractivity contribution in [2.24, 2.45) is 0 Å². The zero-order valence-electron chi connectivity index (χ0n) is 19.5. The first-order valence-electron chi connectivity index (χ1n) is 10.7. The Hall–Kier alpha value is -3.45. The predicted molar refractivity (Wildman–Crippen MR) is 136 cm³/mol. The second-order valence-corrected chi connectivity index (χ2v) is 7.64. The van der Waals surface area contributed by atoms with Crippen LogP contribution in [0.25, 0.3) is 0 Å². The molecule has 3 rings (SSSR count). The van der Waals surface area contributed by atoms with E-state index < -0.39 is 0 Å². The van der Waals surface area contributed by atoms with Gasteiger partial charge in [-0.25, -0.2) is 0 Å². The van der Waals surface area contributed by atoms with Crippen LogP contribution in [0.1, 0.15) is 18.1 Å². The second kappa shape index (κ2) is 12.0. The number of hydrogen-bond acceptors (Lipinski definition) is 5. The molecule has 0 radical (unpaired) electrons. The summed E-state index contributed by atoms with van der Waals surface area (Å²) < 4.78 is 21.9. The smallest absolute Gasteiger partial charge is 0.174 e. The minimum absolute atomic E-state index is 0.576. The van der Waals surface area contributed by atoms with Crippen LogP contribution in [0, 0.1) is 0 Å². The number of nitrogens with one attached hydrogen (secondary N) is 1. The van der Waals surface area contributed by atoms with Crippen LogP contribution in [0.2, 0.25) is 0 Å². The third-order valence-electron chi connectivity index (χ3n) is 5.07. The van der Waals surface area contributed by atoms with Gasteiger partial charge >= 0.3 is 0 Å². The minimum atomic E-state index is 0.576. The van der Waals surface area contributed by atoms with Crippen LogP contribution in [0.3, 0.4) is 0 Å². The van der Waals surface area contributed by atoms with Crippen LogP contribution >= 0.6 is 12.2 Å². The number of anilines is 1. The van der Waals surface area contributed by atoms with Crippen molar-refractivity contribution < 1.29 is 18.9 Å². The standard InChI is InChI=1S/C26H30N2O4S/c1-5-32-23-9-7-6-8-22(23)27-26(33)28(17-19-10-13-21(29-2)14-11-19)18-20-12-15-24(30-3)25(16-20)31-4/h6-16H,5,17-18H2,1-4H3,(H,27,33). The van der Waals surface area contributed by atoms with E-state index in [1.165, 1.54) is 0 Å². The zero-order chi connectivity index (χ0) is 23.6. The molecule has 33 heavy (non-hydrogen) atoms. The van der Waals surface area contributed by atoms with Gasteiger partial charge in [0.05, 0.1) is 33.6 Å². The molecule has 0 heterocycles. The summed E-state index contributed by atoms with van der Waals surface area (Å²) in [4.78, 5) is 2.10. The van der Waals surface area contributed by atoms with Crippen LogP contribution in [-0.4, -0.2) is 37.9 Å². The van der Waals surface area contributed by atoms with Crippen LogP contribution < -0.4 is 24.3 Å². The van der Waals surface area contributed by atoms with E-state index >= 15 is 0 Å². The number of nitrogens with zero attached hydrogens (tertiary/aromatic N) is 1. The van der Waals surface area contributed by atoms with Gasteiger partial charge in [0, 0.05) is 13.1 Å². The molecular formula is C26H30N2O4S. The Bertz CT molecular complexity index is 1060. The highest BCUT2D eigenvalue weighted by molar-refractivity contribution is 7.80. The normalized spacial score (nSPS) is 10.3. The molecule has 7 heteroatoms. The van der Waals surface area contributed by atoms with Crippen molar-refractivity contribution >= 4 is 23.0 Å². The van der Waals surface area contributed by atoms with Gasteiger partial charge in [0.15, 0.2) is 16.6 Å². The molecule has 3 aromatic rings. The predicted octanol–water partition coefficient (Wildman–Crippen LogP) is 5.51. The summed E-state index contributed by atoms with van der Waals surface area (Å²) in [6.07, 6.45) is 0. The van der Waals surface area contributed by atoms with Crippen molar-refractivity contribution in [1.29, 1.82) is 0 Å². The minimum Gasteiger partial charge on any atom is -0.497 e.